The van der Waals surface area contributed by atoms with Crippen molar-refractivity contribution in [1.29, 1.82) is 0 Å². The summed E-state index contributed by atoms with van der Waals surface area (Å²) in [5.74, 6) is -0.847. The highest BCUT2D eigenvalue weighted by Crippen LogP contribution is 2.42. The van der Waals surface area contributed by atoms with Crippen molar-refractivity contribution in [2.24, 2.45) is 0 Å². The van der Waals surface area contributed by atoms with Gasteiger partial charge in [-0.25, -0.2) is 4.57 Å². The number of phosphoric ester groups is 1. The van der Waals surface area contributed by atoms with E-state index in [1.54, 1.807) is 0 Å². The van der Waals surface area contributed by atoms with Crippen LogP contribution in [0.1, 0.15) is 213 Å². The Balaban J connectivity index is 3.95. The van der Waals surface area contributed by atoms with Gasteiger partial charge in [-0.3, -0.25) is 18.6 Å². The maximum atomic E-state index is 12.5. The summed E-state index contributed by atoms with van der Waals surface area (Å²) in [6.07, 6.45) is 51.8. The van der Waals surface area contributed by atoms with Gasteiger partial charge in [0.25, 0.3) is 0 Å². The predicted octanol–water partition coefficient (Wildman–Crippen LogP) is 14.6. The van der Waals surface area contributed by atoms with E-state index in [0.29, 0.717) is 6.42 Å². The third-order valence-electron chi connectivity index (χ3n) is 9.84. The second kappa shape index (κ2) is 42.6. The molecule has 0 fully saturated rings. The fraction of sp³-hybridized carbons (Fsp3) is 0.787. The molecule has 56 heavy (non-hydrogen) atoms. The van der Waals surface area contributed by atoms with Crippen LogP contribution in [0.2, 0.25) is 0 Å². The minimum atomic E-state index is -4.27. The molecule has 0 aromatic carbocycles. The highest BCUT2D eigenvalue weighted by molar-refractivity contribution is 7.47. The fourth-order valence-corrected chi connectivity index (χ4v) is 6.82. The van der Waals surface area contributed by atoms with E-state index in [4.69, 9.17) is 14.0 Å². The van der Waals surface area contributed by atoms with Gasteiger partial charge in [0.2, 0.25) is 0 Å². The van der Waals surface area contributed by atoms with Crippen molar-refractivity contribution in [2.75, 3.05) is 20.3 Å². The second-order valence-corrected chi connectivity index (χ2v) is 16.7. The van der Waals surface area contributed by atoms with Crippen LogP contribution in [0, 0.1) is 0 Å². The smallest absolute Gasteiger partial charge is 0.462 e. The summed E-state index contributed by atoms with van der Waals surface area (Å²) in [6.45, 7) is 3.76. The highest BCUT2D eigenvalue weighted by Gasteiger charge is 2.24. The Morgan fingerprint density at radius 3 is 1.36 bits per heavy atom. The van der Waals surface area contributed by atoms with E-state index in [1.165, 1.54) is 122 Å². The van der Waals surface area contributed by atoms with Crippen molar-refractivity contribution >= 4 is 19.8 Å². The average Bonchev–Trinajstić information content (AvgIpc) is 3.19. The third-order valence-corrected chi connectivity index (χ3v) is 10.8. The van der Waals surface area contributed by atoms with Crippen molar-refractivity contribution in [3.05, 3.63) is 48.6 Å². The van der Waals surface area contributed by atoms with Gasteiger partial charge in [0.05, 0.1) is 6.61 Å². The molecule has 0 saturated carbocycles. The van der Waals surface area contributed by atoms with E-state index < -0.39 is 26.5 Å². The van der Waals surface area contributed by atoms with Gasteiger partial charge in [-0.15, -0.1) is 0 Å². The number of carbonyl (C=O) groups is 2. The number of carbonyl (C=O) groups excluding carboxylic acids is 2. The number of unbranched alkanes of at least 4 members (excludes halogenated alkanes) is 23. The van der Waals surface area contributed by atoms with Crippen LogP contribution in [0.5, 0.6) is 0 Å². The summed E-state index contributed by atoms with van der Waals surface area (Å²) in [6, 6.07) is 0. The van der Waals surface area contributed by atoms with Crippen molar-refractivity contribution < 1.29 is 37.6 Å². The van der Waals surface area contributed by atoms with Gasteiger partial charge in [-0.1, -0.05) is 197 Å². The Bertz CT molecular complexity index is 1050. The number of hydrogen-bond donors (Lipinski definition) is 1. The highest BCUT2D eigenvalue weighted by atomic mass is 31.2. The molecule has 0 aromatic rings. The van der Waals surface area contributed by atoms with E-state index in [2.05, 4.69) is 67.0 Å². The van der Waals surface area contributed by atoms with Crippen LogP contribution >= 0.6 is 7.82 Å². The molecular weight excluding hydrogens is 723 g/mol. The maximum absolute atomic E-state index is 12.5. The summed E-state index contributed by atoms with van der Waals surface area (Å²) in [7, 11) is -3.22. The lowest BCUT2D eigenvalue weighted by atomic mass is 10.0. The van der Waals surface area contributed by atoms with Crippen molar-refractivity contribution in [3.8, 4) is 0 Å². The molecule has 0 aromatic heterocycles. The van der Waals surface area contributed by atoms with Gasteiger partial charge in [-0.2, -0.15) is 0 Å². The number of esters is 2. The number of ether oxygens (including phenoxy) is 2. The Morgan fingerprint density at radius 1 is 0.518 bits per heavy atom. The van der Waals surface area contributed by atoms with Gasteiger partial charge in [0.1, 0.15) is 6.61 Å². The Morgan fingerprint density at radius 2 is 0.911 bits per heavy atom. The summed E-state index contributed by atoms with van der Waals surface area (Å²) in [4.78, 5) is 34.5. The molecule has 0 aliphatic carbocycles. The molecule has 0 aliphatic heterocycles. The normalized spacial score (nSPS) is 13.7. The van der Waals surface area contributed by atoms with Crippen LogP contribution in [-0.4, -0.2) is 43.3 Å². The molecule has 0 saturated heterocycles. The maximum Gasteiger partial charge on any atom is 0.472 e. The van der Waals surface area contributed by atoms with Crippen LogP contribution < -0.4 is 0 Å². The topological polar surface area (TPSA) is 108 Å². The minimum absolute atomic E-state index is 0.193. The fourth-order valence-electron chi connectivity index (χ4n) is 6.36. The van der Waals surface area contributed by atoms with E-state index in [-0.39, 0.29) is 25.4 Å². The Kier molecular flexibility index (Phi) is 41.1. The van der Waals surface area contributed by atoms with E-state index >= 15 is 0 Å². The molecule has 0 amide bonds. The zero-order valence-corrected chi connectivity index (χ0v) is 37.2. The first-order valence-electron chi connectivity index (χ1n) is 22.8. The zero-order chi connectivity index (χ0) is 41.1. The quantitative estimate of drug-likeness (QED) is 0.0281. The molecule has 1 N–H and O–H groups in total. The zero-order valence-electron chi connectivity index (χ0n) is 36.3. The predicted molar refractivity (Wildman–Crippen MR) is 235 cm³/mol. The monoisotopic (exact) mass is 809 g/mol. The van der Waals surface area contributed by atoms with Crippen LogP contribution in [0.3, 0.4) is 0 Å². The van der Waals surface area contributed by atoms with Crippen molar-refractivity contribution in [3.63, 3.8) is 0 Å². The molecule has 2 atom stereocenters. The average molecular weight is 809 g/mol. The summed E-state index contributed by atoms with van der Waals surface area (Å²) >= 11 is 0. The first-order chi connectivity index (χ1) is 27.3. The van der Waals surface area contributed by atoms with Gasteiger partial charge in [0, 0.05) is 20.0 Å². The molecule has 326 valence electrons. The second-order valence-electron chi connectivity index (χ2n) is 15.2. The molecular formula is C47H85O8P. The van der Waals surface area contributed by atoms with Crippen molar-refractivity contribution in [1.82, 2.24) is 0 Å². The largest absolute Gasteiger partial charge is 0.472 e. The third kappa shape index (κ3) is 41.6. The molecule has 8 nitrogen and oxygen atoms in total. The molecule has 2 unspecified atom stereocenters. The SMILES string of the molecule is CC/C=C\C/C=C\C/C=C\C/C=C\CCCCC(=O)OC(COC(=O)CCCCCCCCCCCCCCCCCCCCCCCC)COP(=O)(O)OC. The molecule has 0 spiro atoms. The van der Waals surface area contributed by atoms with Crippen LogP contribution in [0.25, 0.3) is 0 Å². The summed E-state index contributed by atoms with van der Waals surface area (Å²) in [5.41, 5.74) is 0. The molecule has 0 heterocycles. The molecule has 0 bridgehead atoms. The number of phosphoric acid groups is 1. The lowest BCUT2D eigenvalue weighted by molar-refractivity contribution is -0.161. The number of hydrogen-bond acceptors (Lipinski definition) is 7. The van der Waals surface area contributed by atoms with Crippen LogP contribution in [-0.2, 0) is 32.7 Å². The van der Waals surface area contributed by atoms with E-state index in [9.17, 15) is 19.0 Å². The van der Waals surface area contributed by atoms with Crippen LogP contribution in [0.15, 0.2) is 48.6 Å². The lowest BCUT2D eigenvalue weighted by Crippen LogP contribution is -2.29. The molecule has 0 aliphatic rings. The Labute approximate surface area is 344 Å². The Hall–Kier alpha value is -1.99. The van der Waals surface area contributed by atoms with E-state index in [1.807, 2.05) is 0 Å². The summed E-state index contributed by atoms with van der Waals surface area (Å²) < 4.78 is 32.0. The van der Waals surface area contributed by atoms with Gasteiger partial charge in [0.15, 0.2) is 6.10 Å². The lowest BCUT2D eigenvalue weighted by Gasteiger charge is -2.19. The van der Waals surface area contributed by atoms with Crippen molar-refractivity contribution in [2.45, 2.75) is 219 Å². The van der Waals surface area contributed by atoms with E-state index in [0.717, 1.165) is 64.9 Å². The first kappa shape index (κ1) is 54.0. The standard InChI is InChI=1S/C47H85O8P/c1-4-6-8-10-12-14-16-18-20-21-22-23-24-25-26-28-29-31-33-35-37-39-41-46(48)53-43-45(44-54-56(50,51)52-3)55-47(49)42-40-38-36-34-32-30-27-19-17-15-13-11-9-7-5-2/h7,9,13,15,19,27,32,34,45H,4-6,8,10-12,14,16-18,20-26,28-31,33,35-44H2,1-3H3,(H,50,51)/b9-7-,15-13-,27-19-,34-32-. The summed E-state index contributed by atoms with van der Waals surface area (Å²) in [5, 5.41) is 0. The number of rotatable bonds is 42. The van der Waals surface area contributed by atoms with Gasteiger partial charge < -0.3 is 14.4 Å². The van der Waals surface area contributed by atoms with Gasteiger partial charge >= 0.3 is 19.8 Å². The number of allylic oxidation sites excluding steroid dienone is 8. The molecule has 0 radical (unpaired) electrons. The molecule has 0 rings (SSSR count). The molecule has 9 heteroatoms. The minimum Gasteiger partial charge on any atom is -0.462 e. The van der Waals surface area contributed by atoms with Gasteiger partial charge in [-0.05, 0) is 51.4 Å². The first-order valence-corrected chi connectivity index (χ1v) is 24.3. The van der Waals surface area contributed by atoms with Crippen LogP contribution in [0.4, 0.5) is 0 Å².